The summed E-state index contributed by atoms with van der Waals surface area (Å²) in [5.74, 6) is -0.779. The molecule has 5 nitrogen and oxygen atoms in total. The number of oxime groups is 1. The molecule has 0 heterocycles. The number of nitrogens with one attached hydrogen (secondary N) is 1. The van der Waals surface area contributed by atoms with Crippen LogP contribution in [0.4, 0.5) is 5.69 Å². The minimum absolute atomic E-state index is 0.145. The molecule has 0 fully saturated rings. The van der Waals surface area contributed by atoms with Crippen LogP contribution in [-0.4, -0.2) is 23.9 Å². The fourth-order valence-corrected chi connectivity index (χ4v) is 3.03. The van der Waals surface area contributed by atoms with Gasteiger partial charge in [-0.2, -0.15) is 0 Å². The van der Waals surface area contributed by atoms with Crippen molar-refractivity contribution in [3.63, 3.8) is 0 Å². The van der Waals surface area contributed by atoms with Crippen molar-refractivity contribution in [1.82, 2.24) is 0 Å². The topological polar surface area (TPSA) is 70.9 Å². The Morgan fingerprint density at radius 1 is 0.931 bits per heavy atom. The molecular weight excluding hydrogens is 364 g/mol. The first kappa shape index (κ1) is 20.1. The zero-order valence-electron chi connectivity index (χ0n) is 16.3. The van der Waals surface area contributed by atoms with Gasteiger partial charge in [-0.05, 0) is 35.7 Å². The number of anilines is 1. The summed E-state index contributed by atoms with van der Waals surface area (Å²) in [5, 5.41) is 16.4. The van der Waals surface area contributed by atoms with Gasteiger partial charge < -0.3 is 15.3 Å². The summed E-state index contributed by atoms with van der Waals surface area (Å²) < 4.78 is 0. The van der Waals surface area contributed by atoms with Crippen LogP contribution >= 0.6 is 0 Å². The normalized spacial score (nSPS) is 11.1. The lowest BCUT2D eigenvalue weighted by Crippen LogP contribution is -2.06. The molecule has 0 aliphatic heterocycles. The quantitative estimate of drug-likeness (QED) is 0.411. The van der Waals surface area contributed by atoms with Crippen LogP contribution in [0.1, 0.15) is 28.7 Å². The lowest BCUT2D eigenvalue weighted by atomic mass is 10.0. The van der Waals surface area contributed by atoms with Gasteiger partial charge >= 0.3 is 5.97 Å². The van der Waals surface area contributed by atoms with Gasteiger partial charge in [0.15, 0.2) is 0 Å². The van der Waals surface area contributed by atoms with Gasteiger partial charge in [-0.3, -0.25) is 4.79 Å². The van der Waals surface area contributed by atoms with Crippen LogP contribution in [0, 0.1) is 0 Å². The van der Waals surface area contributed by atoms with E-state index in [-0.39, 0.29) is 6.42 Å². The summed E-state index contributed by atoms with van der Waals surface area (Å²) in [6.07, 6.45) is 0.686. The van der Waals surface area contributed by atoms with E-state index in [0.29, 0.717) is 13.0 Å². The smallest absolute Gasteiger partial charge is 0.303 e. The monoisotopic (exact) mass is 388 g/mol. The summed E-state index contributed by atoms with van der Waals surface area (Å²) in [5.41, 5.74) is 5.90. The van der Waals surface area contributed by atoms with Gasteiger partial charge in [-0.25, -0.2) is 0 Å². The van der Waals surface area contributed by atoms with Gasteiger partial charge in [0.05, 0.1) is 0 Å². The molecule has 0 bridgehead atoms. The Bertz CT molecular complexity index is 967. The molecule has 0 spiro atoms. The van der Waals surface area contributed by atoms with Crippen molar-refractivity contribution in [2.24, 2.45) is 5.16 Å². The number of hydrogen-bond acceptors (Lipinski definition) is 4. The Hall–Kier alpha value is -3.60. The SMILES string of the molecule is CON=C(c1ccccc1)c1cccc(CNc2ccc(CCC(=O)O)cc2)c1. The van der Waals surface area contributed by atoms with Crippen LogP contribution in [-0.2, 0) is 22.6 Å². The molecule has 3 rings (SSSR count). The van der Waals surface area contributed by atoms with E-state index in [1.807, 2.05) is 66.7 Å². The summed E-state index contributed by atoms with van der Waals surface area (Å²) in [6.45, 7) is 0.664. The van der Waals surface area contributed by atoms with Crippen molar-refractivity contribution in [2.45, 2.75) is 19.4 Å². The van der Waals surface area contributed by atoms with Gasteiger partial charge in [-0.1, -0.05) is 65.8 Å². The molecule has 0 amide bonds. The lowest BCUT2D eigenvalue weighted by Gasteiger charge is -2.10. The maximum atomic E-state index is 10.7. The summed E-state index contributed by atoms with van der Waals surface area (Å²) in [4.78, 5) is 15.7. The van der Waals surface area contributed by atoms with E-state index in [1.165, 1.54) is 0 Å². The van der Waals surface area contributed by atoms with Crippen molar-refractivity contribution in [2.75, 3.05) is 12.4 Å². The Kier molecular flexibility index (Phi) is 7.00. The molecule has 0 atom stereocenters. The van der Waals surface area contributed by atoms with E-state index < -0.39 is 5.97 Å². The second-order valence-electron chi connectivity index (χ2n) is 6.63. The zero-order valence-corrected chi connectivity index (χ0v) is 16.3. The number of aliphatic carboxylic acids is 1. The summed E-state index contributed by atoms with van der Waals surface area (Å²) in [7, 11) is 1.55. The van der Waals surface area contributed by atoms with Gasteiger partial charge in [0.1, 0.15) is 12.8 Å². The van der Waals surface area contributed by atoms with Crippen molar-refractivity contribution in [1.29, 1.82) is 0 Å². The van der Waals surface area contributed by atoms with Gasteiger partial charge in [0, 0.05) is 29.8 Å². The van der Waals surface area contributed by atoms with E-state index in [4.69, 9.17) is 9.94 Å². The number of carbonyl (C=O) groups is 1. The standard InChI is InChI=1S/C24H24N2O3/c1-29-26-24(20-7-3-2-4-8-20)21-9-5-6-19(16-21)17-25-22-13-10-18(11-14-22)12-15-23(27)28/h2-11,13-14,16,25H,12,15,17H2,1H3,(H,27,28). The number of aryl methyl sites for hydroxylation is 1. The highest BCUT2D eigenvalue weighted by Gasteiger charge is 2.08. The molecule has 3 aromatic carbocycles. The van der Waals surface area contributed by atoms with Crippen molar-refractivity contribution in [3.8, 4) is 0 Å². The van der Waals surface area contributed by atoms with Crippen LogP contribution in [0.5, 0.6) is 0 Å². The average Bonchev–Trinajstić information content (AvgIpc) is 2.76. The molecule has 0 saturated carbocycles. The second kappa shape index (κ2) is 10.1. The first-order valence-corrected chi connectivity index (χ1v) is 9.46. The molecule has 2 N–H and O–H groups in total. The molecule has 0 aliphatic rings. The largest absolute Gasteiger partial charge is 0.481 e. The third-order valence-corrected chi connectivity index (χ3v) is 4.51. The molecule has 0 saturated heterocycles. The highest BCUT2D eigenvalue weighted by molar-refractivity contribution is 6.12. The van der Waals surface area contributed by atoms with E-state index in [0.717, 1.165) is 33.7 Å². The number of hydrogen-bond donors (Lipinski definition) is 2. The van der Waals surface area contributed by atoms with Crippen molar-refractivity contribution >= 4 is 17.4 Å². The lowest BCUT2D eigenvalue weighted by molar-refractivity contribution is -0.136. The highest BCUT2D eigenvalue weighted by Crippen LogP contribution is 2.16. The molecular formula is C24H24N2O3. The van der Waals surface area contributed by atoms with E-state index >= 15 is 0 Å². The number of benzene rings is 3. The molecule has 148 valence electrons. The first-order chi connectivity index (χ1) is 14.2. The Morgan fingerprint density at radius 2 is 1.66 bits per heavy atom. The Labute approximate surface area is 170 Å². The van der Waals surface area contributed by atoms with E-state index in [2.05, 4.69) is 22.6 Å². The van der Waals surface area contributed by atoms with Crippen LogP contribution < -0.4 is 5.32 Å². The minimum Gasteiger partial charge on any atom is -0.481 e. The Balaban J connectivity index is 1.68. The van der Waals surface area contributed by atoms with Crippen LogP contribution in [0.15, 0.2) is 84.0 Å². The molecule has 0 radical (unpaired) electrons. The van der Waals surface area contributed by atoms with Gasteiger partial charge in [-0.15, -0.1) is 0 Å². The third-order valence-electron chi connectivity index (χ3n) is 4.51. The number of nitrogens with zero attached hydrogens (tertiary/aromatic N) is 1. The molecule has 0 aromatic heterocycles. The van der Waals surface area contributed by atoms with Crippen molar-refractivity contribution < 1.29 is 14.7 Å². The van der Waals surface area contributed by atoms with E-state index in [9.17, 15) is 4.79 Å². The Morgan fingerprint density at radius 3 is 2.34 bits per heavy atom. The molecule has 3 aromatic rings. The van der Waals surface area contributed by atoms with Crippen LogP contribution in [0.25, 0.3) is 0 Å². The third kappa shape index (κ3) is 5.94. The van der Waals surface area contributed by atoms with Gasteiger partial charge in [0.2, 0.25) is 0 Å². The van der Waals surface area contributed by atoms with Crippen molar-refractivity contribution in [3.05, 3.63) is 101 Å². The fraction of sp³-hybridized carbons (Fsp3) is 0.167. The predicted octanol–water partition coefficient (Wildman–Crippen LogP) is 4.71. The van der Waals surface area contributed by atoms with Crippen LogP contribution in [0.3, 0.4) is 0 Å². The molecule has 5 heteroatoms. The maximum absolute atomic E-state index is 10.7. The minimum atomic E-state index is -0.779. The van der Waals surface area contributed by atoms with Gasteiger partial charge in [0.25, 0.3) is 0 Å². The highest BCUT2D eigenvalue weighted by atomic mass is 16.6. The summed E-state index contributed by atoms with van der Waals surface area (Å²) >= 11 is 0. The number of carboxylic acids is 1. The molecule has 29 heavy (non-hydrogen) atoms. The first-order valence-electron chi connectivity index (χ1n) is 9.46. The number of carboxylic acid groups (broad SMARTS) is 1. The van der Waals surface area contributed by atoms with E-state index in [1.54, 1.807) is 7.11 Å². The molecule has 0 unspecified atom stereocenters. The second-order valence-corrected chi connectivity index (χ2v) is 6.63. The predicted molar refractivity (Wildman–Crippen MR) is 115 cm³/mol. The maximum Gasteiger partial charge on any atom is 0.303 e. The molecule has 0 aliphatic carbocycles. The average molecular weight is 388 g/mol. The fourth-order valence-electron chi connectivity index (χ4n) is 3.03. The zero-order chi connectivity index (χ0) is 20.5. The summed E-state index contributed by atoms with van der Waals surface area (Å²) in [6, 6.07) is 26.0. The number of rotatable bonds is 9. The van der Waals surface area contributed by atoms with Crippen LogP contribution in [0.2, 0.25) is 0 Å².